The molecule has 0 aliphatic carbocycles. The molecular formula is C24H19ClFN3O4. The topological polar surface area (TPSA) is 93.3 Å². The number of aromatic amines is 1. The van der Waals surface area contributed by atoms with E-state index in [1.54, 1.807) is 49.4 Å². The number of nitrogens with zero attached hydrogens (tertiary/aromatic N) is 1. The van der Waals surface area contributed by atoms with Crippen molar-refractivity contribution in [1.29, 1.82) is 0 Å². The molecule has 0 aliphatic rings. The third kappa shape index (κ3) is 5.48. The number of benzene rings is 2. The summed E-state index contributed by atoms with van der Waals surface area (Å²) in [7, 11) is 0. The molecule has 0 saturated carbocycles. The van der Waals surface area contributed by atoms with Gasteiger partial charge in [-0.2, -0.15) is 0 Å². The van der Waals surface area contributed by atoms with Crippen molar-refractivity contribution in [3.05, 3.63) is 82.9 Å². The molecule has 4 rings (SSSR count). The summed E-state index contributed by atoms with van der Waals surface area (Å²) in [6.07, 6.45) is 1.56. The van der Waals surface area contributed by atoms with Gasteiger partial charge >= 0.3 is 5.97 Å². The highest BCUT2D eigenvalue weighted by atomic mass is 35.5. The number of rotatable bonds is 7. The van der Waals surface area contributed by atoms with E-state index in [0.29, 0.717) is 45.2 Å². The molecule has 1 amide bonds. The number of anilines is 1. The van der Waals surface area contributed by atoms with Gasteiger partial charge in [0.25, 0.3) is 5.91 Å². The van der Waals surface area contributed by atoms with Gasteiger partial charge in [-0.15, -0.1) is 0 Å². The molecular weight excluding hydrogens is 449 g/mol. The van der Waals surface area contributed by atoms with Crippen LogP contribution in [0.1, 0.15) is 23.0 Å². The fourth-order valence-corrected chi connectivity index (χ4v) is 3.41. The van der Waals surface area contributed by atoms with E-state index in [4.69, 9.17) is 21.1 Å². The van der Waals surface area contributed by atoms with Crippen LogP contribution in [0.3, 0.4) is 0 Å². The van der Waals surface area contributed by atoms with E-state index < -0.39 is 0 Å². The predicted octanol–water partition coefficient (Wildman–Crippen LogP) is 5.51. The number of amides is 1. The number of hydrogen-bond donors (Lipinski definition) is 2. The molecule has 0 spiro atoms. The third-order valence-electron chi connectivity index (χ3n) is 4.69. The van der Waals surface area contributed by atoms with Crippen molar-refractivity contribution in [3.63, 3.8) is 0 Å². The van der Waals surface area contributed by atoms with Gasteiger partial charge in [0.2, 0.25) is 5.88 Å². The van der Waals surface area contributed by atoms with Gasteiger partial charge in [0, 0.05) is 17.0 Å². The van der Waals surface area contributed by atoms with Crippen LogP contribution in [-0.4, -0.2) is 28.5 Å². The molecule has 2 aromatic heterocycles. The van der Waals surface area contributed by atoms with Crippen LogP contribution in [0, 0.1) is 5.82 Å². The van der Waals surface area contributed by atoms with Gasteiger partial charge in [-0.25, -0.2) is 9.37 Å². The Bertz CT molecular complexity index is 1320. The lowest BCUT2D eigenvalue weighted by molar-refractivity contribution is -0.142. The maximum atomic E-state index is 13.3. The second kappa shape index (κ2) is 9.70. The zero-order valence-electron chi connectivity index (χ0n) is 17.5. The highest BCUT2D eigenvalue weighted by Crippen LogP contribution is 2.30. The Kier molecular flexibility index (Phi) is 6.55. The Morgan fingerprint density at radius 2 is 1.97 bits per heavy atom. The van der Waals surface area contributed by atoms with Crippen LogP contribution in [0.5, 0.6) is 11.6 Å². The molecule has 168 valence electrons. The van der Waals surface area contributed by atoms with E-state index in [0.717, 1.165) is 0 Å². The quantitative estimate of drug-likeness (QED) is 0.350. The SMILES string of the molecule is CCOC(=O)Cc1ccc(Oc2ccc(NC(=O)c3cc4cc(F)ccc4[nH]3)cn2)c(Cl)c1. The maximum Gasteiger partial charge on any atom is 0.310 e. The zero-order valence-corrected chi connectivity index (χ0v) is 18.3. The summed E-state index contributed by atoms with van der Waals surface area (Å²) in [5.74, 6) is -0.446. The third-order valence-corrected chi connectivity index (χ3v) is 4.98. The maximum absolute atomic E-state index is 13.3. The fourth-order valence-electron chi connectivity index (χ4n) is 3.17. The summed E-state index contributed by atoms with van der Waals surface area (Å²) < 4.78 is 24.0. The van der Waals surface area contributed by atoms with Crippen LogP contribution in [0.15, 0.2) is 60.8 Å². The summed E-state index contributed by atoms with van der Waals surface area (Å²) >= 11 is 6.26. The lowest BCUT2D eigenvalue weighted by Crippen LogP contribution is -2.12. The van der Waals surface area contributed by atoms with Gasteiger partial charge in [-0.05, 0) is 55.0 Å². The number of aromatic nitrogens is 2. The van der Waals surface area contributed by atoms with E-state index in [2.05, 4.69) is 15.3 Å². The summed E-state index contributed by atoms with van der Waals surface area (Å²) in [5, 5.41) is 3.65. The average molecular weight is 468 g/mol. The monoisotopic (exact) mass is 467 g/mol. The van der Waals surface area contributed by atoms with Crippen molar-refractivity contribution in [2.75, 3.05) is 11.9 Å². The number of carbonyl (C=O) groups is 2. The minimum Gasteiger partial charge on any atom is -0.466 e. The van der Waals surface area contributed by atoms with E-state index in [9.17, 15) is 14.0 Å². The van der Waals surface area contributed by atoms with Crippen molar-refractivity contribution >= 4 is 40.1 Å². The van der Waals surface area contributed by atoms with E-state index in [1.165, 1.54) is 18.3 Å². The van der Waals surface area contributed by atoms with Gasteiger partial charge in [-0.1, -0.05) is 17.7 Å². The fraction of sp³-hybridized carbons (Fsp3) is 0.125. The first kappa shape index (κ1) is 22.3. The molecule has 2 aromatic carbocycles. The molecule has 4 aromatic rings. The Morgan fingerprint density at radius 3 is 2.70 bits per heavy atom. The van der Waals surface area contributed by atoms with Gasteiger partial charge in [-0.3, -0.25) is 9.59 Å². The van der Waals surface area contributed by atoms with E-state index in [-0.39, 0.29) is 30.0 Å². The minimum atomic E-state index is -0.387. The number of carbonyl (C=O) groups excluding carboxylic acids is 2. The number of ether oxygens (including phenoxy) is 2. The molecule has 0 radical (unpaired) electrons. The Balaban J connectivity index is 1.39. The second-order valence-electron chi connectivity index (χ2n) is 7.10. The van der Waals surface area contributed by atoms with Crippen LogP contribution in [0.4, 0.5) is 10.1 Å². The lowest BCUT2D eigenvalue weighted by atomic mass is 10.1. The van der Waals surface area contributed by atoms with Gasteiger partial charge in [0.1, 0.15) is 17.3 Å². The molecule has 0 bridgehead atoms. The van der Waals surface area contributed by atoms with Crippen molar-refractivity contribution in [1.82, 2.24) is 9.97 Å². The molecule has 7 nitrogen and oxygen atoms in total. The molecule has 0 saturated heterocycles. The Hall–Kier alpha value is -3.91. The first-order valence-corrected chi connectivity index (χ1v) is 10.5. The van der Waals surface area contributed by atoms with Crippen molar-refractivity contribution < 1.29 is 23.5 Å². The van der Waals surface area contributed by atoms with Crippen molar-refractivity contribution in [2.24, 2.45) is 0 Å². The predicted molar refractivity (Wildman–Crippen MR) is 122 cm³/mol. The van der Waals surface area contributed by atoms with Crippen LogP contribution >= 0.6 is 11.6 Å². The zero-order chi connectivity index (χ0) is 23.4. The summed E-state index contributed by atoms with van der Waals surface area (Å²) in [4.78, 5) is 31.2. The number of nitrogens with one attached hydrogen (secondary N) is 2. The number of halogens is 2. The number of fused-ring (bicyclic) bond motifs is 1. The smallest absolute Gasteiger partial charge is 0.310 e. The number of pyridine rings is 1. The first-order valence-electron chi connectivity index (χ1n) is 10.1. The molecule has 9 heteroatoms. The van der Waals surface area contributed by atoms with Gasteiger partial charge in [0.15, 0.2) is 0 Å². The summed E-state index contributed by atoms with van der Waals surface area (Å²) in [5.41, 5.74) is 2.11. The van der Waals surface area contributed by atoms with E-state index in [1.807, 2.05) is 0 Å². The van der Waals surface area contributed by atoms with Crippen LogP contribution in [0.25, 0.3) is 10.9 Å². The molecule has 33 heavy (non-hydrogen) atoms. The number of H-pyrrole nitrogens is 1. The molecule has 0 fully saturated rings. The molecule has 0 aliphatic heterocycles. The Labute approximate surface area is 193 Å². The Morgan fingerprint density at radius 1 is 1.12 bits per heavy atom. The first-order chi connectivity index (χ1) is 15.9. The average Bonchev–Trinajstić information content (AvgIpc) is 3.20. The van der Waals surface area contributed by atoms with E-state index >= 15 is 0 Å². The minimum absolute atomic E-state index is 0.117. The van der Waals surface area contributed by atoms with Gasteiger partial charge < -0.3 is 19.8 Å². The van der Waals surface area contributed by atoms with Crippen molar-refractivity contribution in [3.8, 4) is 11.6 Å². The lowest BCUT2D eigenvalue weighted by Gasteiger charge is -2.09. The molecule has 0 atom stereocenters. The standard InChI is InChI=1S/C24H19ClFN3O4/c1-2-32-23(30)10-14-3-7-21(18(25)9-14)33-22-8-5-17(13-27-22)28-24(31)20-12-15-11-16(26)4-6-19(15)29-20/h3-9,11-13,29H,2,10H2,1H3,(H,28,31). The molecule has 0 unspecified atom stereocenters. The second-order valence-corrected chi connectivity index (χ2v) is 7.51. The van der Waals surface area contributed by atoms with Crippen LogP contribution in [0.2, 0.25) is 5.02 Å². The number of hydrogen-bond acceptors (Lipinski definition) is 5. The molecule has 2 N–H and O–H groups in total. The molecule has 2 heterocycles. The number of esters is 1. The normalized spacial score (nSPS) is 10.8. The van der Waals surface area contributed by atoms with Crippen molar-refractivity contribution in [2.45, 2.75) is 13.3 Å². The van der Waals surface area contributed by atoms with Crippen LogP contribution < -0.4 is 10.1 Å². The highest BCUT2D eigenvalue weighted by molar-refractivity contribution is 6.32. The van der Waals surface area contributed by atoms with Crippen LogP contribution in [-0.2, 0) is 16.0 Å². The highest BCUT2D eigenvalue weighted by Gasteiger charge is 2.12. The van der Waals surface area contributed by atoms with Gasteiger partial charge in [0.05, 0.1) is 29.9 Å². The largest absolute Gasteiger partial charge is 0.466 e. The summed E-state index contributed by atoms with van der Waals surface area (Å²) in [6, 6.07) is 14.0. The summed E-state index contributed by atoms with van der Waals surface area (Å²) in [6.45, 7) is 2.06.